The van der Waals surface area contributed by atoms with E-state index >= 15 is 0 Å². The van der Waals surface area contributed by atoms with Gasteiger partial charge in [0.05, 0.1) is 18.7 Å². The fourth-order valence-electron chi connectivity index (χ4n) is 2.26. The summed E-state index contributed by atoms with van der Waals surface area (Å²) in [5, 5.41) is 2.98. The van der Waals surface area contributed by atoms with Crippen LogP contribution < -0.4 is 15.8 Å². The predicted molar refractivity (Wildman–Crippen MR) is 81.8 cm³/mol. The molecule has 4 heteroatoms. The number of hydrogen-bond acceptors (Lipinski definition) is 3. The molecule has 0 fully saturated rings. The molecular weight excluding hydrogens is 252 g/mol. The number of nitrogens with two attached hydrogens (primary N) is 1. The van der Waals surface area contributed by atoms with Gasteiger partial charge in [-0.1, -0.05) is 31.0 Å². The van der Waals surface area contributed by atoms with E-state index in [0.29, 0.717) is 6.42 Å². The van der Waals surface area contributed by atoms with Gasteiger partial charge in [0.2, 0.25) is 5.91 Å². The lowest BCUT2D eigenvalue weighted by molar-refractivity contribution is -0.126. The number of carbonyl (C=O) groups is 1. The topological polar surface area (TPSA) is 64.4 Å². The van der Waals surface area contributed by atoms with Gasteiger partial charge in [0.25, 0.3) is 0 Å². The number of carbonyl (C=O) groups excluding carboxylic acids is 1. The summed E-state index contributed by atoms with van der Waals surface area (Å²) in [6.07, 6.45) is 1.54. The summed E-state index contributed by atoms with van der Waals surface area (Å²) in [5.41, 5.74) is 7.32. The molecule has 112 valence electrons. The fraction of sp³-hybridized carbons (Fsp3) is 0.562. The third-order valence-corrected chi connectivity index (χ3v) is 3.49. The van der Waals surface area contributed by atoms with Crippen LogP contribution in [0.1, 0.15) is 50.8 Å². The minimum atomic E-state index is -0.833. The zero-order chi connectivity index (χ0) is 15.3. The molecule has 1 aromatic rings. The number of aryl methyl sites for hydroxylation is 1. The Bertz CT molecular complexity index is 470. The molecule has 0 aliphatic carbocycles. The predicted octanol–water partition coefficient (Wildman–Crippen LogP) is 2.70. The van der Waals surface area contributed by atoms with Crippen LogP contribution in [0.3, 0.4) is 0 Å². The first-order valence-corrected chi connectivity index (χ1v) is 7.06. The Morgan fingerprint density at radius 3 is 2.70 bits per heavy atom. The number of ether oxygens (including phenoxy) is 1. The molecular formula is C16H26N2O2. The number of nitrogens with one attached hydrogen (secondary N) is 1. The van der Waals surface area contributed by atoms with Crippen molar-refractivity contribution < 1.29 is 9.53 Å². The Morgan fingerprint density at radius 2 is 2.15 bits per heavy atom. The van der Waals surface area contributed by atoms with Gasteiger partial charge in [0.1, 0.15) is 5.75 Å². The van der Waals surface area contributed by atoms with Crippen molar-refractivity contribution in [2.45, 2.75) is 52.1 Å². The molecule has 2 unspecified atom stereocenters. The van der Waals surface area contributed by atoms with Crippen LogP contribution in [0, 0.1) is 6.92 Å². The van der Waals surface area contributed by atoms with Gasteiger partial charge in [-0.25, -0.2) is 0 Å². The molecule has 0 aliphatic heterocycles. The first-order valence-electron chi connectivity index (χ1n) is 7.06. The van der Waals surface area contributed by atoms with Gasteiger partial charge in [-0.3, -0.25) is 4.79 Å². The normalized spacial score (nSPS) is 15.3. The number of rotatable bonds is 6. The molecule has 0 bridgehead atoms. The monoisotopic (exact) mass is 278 g/mol. The van der Waals surface area contributed by atoms with Crippen molar-refractivity contribution in [3.05, 3.63) is 29.3 Å². The van der Waals surface area contributed by atoms with E-state index in [2.05, 4.69) is 5.32 Å². The minimum Gasteiger partial charge on any atom is -0.496 e. The molecule has 1 rings (SSSR count). The van der Waals surface area contributed by atoms with Crippen LogP contribution in [0.25, 0.3) is 0 Å². The van der Waals surface area contributed by atoms with Crippen molar-refractivity contribution >= 4 is 5.91 Å². The number of benzene rings is 1. The Labute approximate surface area is 121 Å². The van der Waals surface area contributed by atoms with Gasteiger partial charge >= 0.3 is 0 Å². The van der Waals surface area contributed by atoms with Gasteiger partial charge in [-0.05, 0) is 33.3 Å². The maximum absolute atomic E-state index is 12.2. The van der Waals surface area contributed by atoms with Gasteiger partial charge in [0.15, 0.2) is 0 Å². The van der Waals surface area contributed by atoms with Crippen molar-refractivity contribution in [3.8, 4) is 5.75 Å². The largest absolute Gasteiger partial charge is 0.496 e. The summed E-state index contributed by atoms with van der Waals surface area (Å²) >= 11 is 0. The molecule has 0 spiro atoms. The zero-order valence-electron chi connectivity index (χ0n) is 13.1. The van der Waals surface area contributed by atoms with Crippen molar-refractivity contribution in [1.82, 2.24) is 5.32 Å². The lowest BCUT2D eigenvalue weighted by atomic mass is 9.95. The van der Waals surface area contributed by atoms with E-state index in [-0.39, 0.29) is 11.9 Å². The van der Waals surface area contributed by atoms with Crippen LogP contribution in [0.4, 0.5) is 0 Å². The molecule has 1 aromatic carbocycles. The quantitative estimate of drug-likeness (QED) is 0.841. The van der Waals surface area contributed by atoms with Crippen molar-refractivity contribution in [2.75, 3.05) is 7.11 Å². The van der Waals surface area contributed by atoms with Crippen LogP contribution in [-0.2, 0) is 4.79 Å². The highest BCUT2D eigenvalue weighted by atomic mass is 16.5. The second kappa shape index (κ2) is 6.75. The Kier molecular flexibility index (Phi) is 5.57. The van der Waals surface area contributed by atoms with E-state index in [1.807, 2.05) is 39.0 Å². The van der Waals surface area contributed by atoms with Crippen LogP contribution in [0.2, 0.25) is 0 Å². The summed E-state index contributed by atoms with van der Waals surface area (Å²) < 4.78 is 5.35. The standard InChI is InChI=1S/C16H26N2O2/c1-6-9-16(4,17)15(19)18-12(3)13-10-11(2)7-8-14(13)20-5/h7-8,10,12H,6,9,17H2,1-5H3,(H,18,19). The molecule has 0 aliphatic rings. The molecule has 1 amide bonds. The van der Waals surface area contributed by atoms with Crippen LogP contribution in [0.5, 0.6) is 5.75 Å². The van der Waals surface area contributed by atoms with Gasteiger partial charge in [0, 0.05) is 5.56 Å². The van der Waals surface area contributed by atoms with Crippen molar-refractivity contribution in [3.63, 3.8) is 0 Å². The van der Waals surface area contributed by atoms with Gasteiger partial charge < -0.3 is 15.8 Å². The van der Waals surface area contributed by atoms with Crippen LogP contribution >= 0.6 is 0 Å². The van der Waals surface area contributed by atoms with Crippen molar-refractivity contribution in [2.24, 2.45) is 5.73 Å². The molecule has 0 aromatic heterocycles. The highest BCUT2D eigenvalue weighted by Gasteiger charge is 2.28. The summed E-state index contributed by atoms with van der Waals surface area (Å²) in [7, 11) is 1.63. The van der Waals surface area contributed by atoms with Gasteiger partial charge in [-0.2, -0.15) is 0 Å². The number of hydrogen-bond donors (Lipinski definition) is 2. The van der Waals surface area contributed by atoms with E-state index in [9.17, 15) is 4.79 Å². The Balaban J connectivity index is 2.88. The van der Waals surface area contributed by atoms with Crippen LogP contribution in [0.15, 0.2) is 18.2 Å². The Morgan fingerprint density at radius 1 is 1.50 bits per heavy atom. The first-order chi connectivity index (χ1) is 9.31. The Hall–Kier alpha value is -1.55. The molecule has 3 N–H and O–H groups in total. The van der Waals surface area contributed by atoms with Crippen molar-refractivity contribution in [1.29, 1.82) is 0 Å². The minimum absolute atomic E-state index is 0.129. The van der Waals surface area contributed by atoms with E-state index in [4.69, 9.17) is 10.5 Å². The number of methoxy groups -OCH3 is 1. The molecule has 2 atom stereocenters. The lowest BCUT2D eigenvalue weighted by Crippen LogP contribution is -2.52. The summed E-state index contributed by atoms with van der Waals surface area (Å²) in [4.78, 5) is 12.2. The maximum atomic E-state index is 12.2. The molecule has 4 nitrogen and oxygen atoms in total. The third-order valence-electron chi connectivity index (χ3n) is 3.49. The second-order valence-corrected chi connectivity index (χ2v) is 5.61. The van der Waals surface area contributed by atoms with E-state index in [1.165, 1.54) is 0 Å². The summed E-state index contributed by atoms with van der Waals surface area (Å²) in [6, 6.07) is 5.79. The van der Waals surface area contributed by atoms with E-state index in [0.717, 1.165) is 23.3 Å². The molecule has 0 saturated heterocycles. The maximum Gasteiger partial charge on any atom is 0.240 e. The molecule has 0 saturated carbocycles. The van der Waals surface area contributed by atoms with Crippen LogP contribution in [-0.4, -0.2) is 18.6 Å². The van der Waals surface area contributed by atoms with E-state index in [1.54, 1.807) is 14.0 Å². The fourth-order valence-corrected chi connectivity index (χ4v) is 2.26. The lowest BCUT2D eigenvalue weighted by Gasteiger charge is -2.26. The average Bonchev–Trinajstić information content (AvgIpc) is 2.38. The molecule has 20 heavy (non-hydrogen) atoms. The zero-order valence-corrected chi connectivity index (χ0v) is 13.1. The number of amides is 1. The molecule has 0 radical (unpaired) electrons. The third kappa shape index (κ3) is 3.97. The molecule has 0 heterocycles. The SMILES string of the molecule is CCCC(C)(N)C(=O)NC(C)c1cc(C)ccc1OC. The highest BCUT2D eigenvalue weighted by Crippen LogP contribution is 2.26. The smallest absolute Gasteiger partial charge is 0.240 e. The second-order valence-electron chi connectivity index (χ2n) is 5.61. The van der Waals surface area contributed by atoms with Gasteiger partial charge in [-0.15, -0.1) is 0 Å². The average molecular weight is 278 g/mol. The summed E-state index contributed by atoms with van der Waals surface area (Å²) in [6.45, 7) is 7.75. The first kappa shape index (κ1) is 16.5. The highest BCUT2D eigenvalue weighted by molar-refractivity contribution is 5.85. The van der Waals surface area contributed by atoms with E-state index < -0.39 is 5.54 Å². The summed E-state index contributed by atoms with van der Waals surface area (Å²) in [5.74, 6) is 0.646.